The fourth-order valence-corrected chi connectivity index (χ4v) is 4.33. The van der Waals surface area contributed by atoms with Gasteiger partial charge in [-0.25, -0.2) is 4.79 Å². The molecular formula is C27H35NO5. The molecule has 3 atom stereocenters. The monoisotopic (exact) mass is 453 g/mol. The van der Waals surface area contributed by atoms with Crippen LogP contribution >= 0.6 is 0 Å². The van der Waals surface area contributed by atoms with E-state index in [2.05, 4.69) is 29.6 Å². The van der Waals surface area contributed by atoms with Crippen LogP contribution in [0.3, 0.4) is 0 Å². The summed E-state index contributed by atoms with van der Waals surface area (Å²) in [6, 6.07) is 15.7. The molecule has 0 radical (unpaired) electrons. The highest BCUT2D eigenvalue weighted by Gasteiger charge is 2.32. The van der Waals surface area contributed by atoms with Gasteiger partial charge in [0, 0.05) is 5.92 Å². The van der Waals surface area contributed by atoms with E-state index in [1.165, 1.54) is 0 Å². The van der Waals surface area contributed by atoms with Crippen LogP contribution in [-0.4, -0.2) is 41.5 Å². The number of aliphatic hydroxyl groups is 1. The second-order valence-corrected chi connectivity index (χ2v) is 9.74. The fraction of sp³-hybridized carbons (Fsp3) is 0.481. The Morgan fingerprint density at radius 3 is 2.09 bits per heavy atom. The number of ether oxygens (including phenoxy) is 2. The summed E-state index contributed by atoms with van der Waals surface area (Å²) in [5.41, 5.74) is 3.95. The normalized spacial score (nSPS) is 15.7. The van der Waals surface area contributed by atoms with Crippen LogP contribution < -0.4 is 5.32 Å². The van der Waals surface area contributed by atoms with Crippen LogP contribution in [-0.2, 0) is 14.3 Å². The number of rotatable bonds is 8. The lowest BCUT2D eigenvalue weighted by Gasteiger charge is -2.29. The molecule has 2 N–H and O–H groups in total. The van der Waals surface area contributed by atoms with Crippen molar-refractivity contribution in [2.75, 3.05) is 6.61 Å². The summed E-state index contributed by atoms with van der Waals surface area (Å²) in [5, 5.41) is 13.5. The lowest BCUT2D eigenvalue weighted by molar-refractivity contribution is -0.157. The van der Waals surface area contributed by atoms with E-state index in [9.17, 15) is 14.7 Å². The summed E-state index contributed by atoms with van der Waals surface area (Å²) in [4.78, 5) is 24.9. The molecule has 1 aliphatic rings. The molecule has 0 bridgehead atoms. The van der Waals surface area contributed by atoms with Gasteiger partial charge in [0.05, 0.1) is 18.6 Å². The molecule has 33 heavy (non-hydrogen) atoms. The summed E-state index contributed by atoms with van der Waals surface area (Å²) < 4.78 is 10.9. The van der Waals surface area contributed by atoms with Crippen molar-refractivity contribution in [1.29, 1.82) is 0 Å². The van der Waals surface area contributed by atoms with Crippen molar-refractivity contribution >= 4 is 12.1 Å². The standard InChI is InChI=1S/C27H35NO5/c1-6-17(2)25(23(29)15-24(30)33-27(3,4)5)28-26(31)32-16-22-20-13-9-7-11-18(20)19-12-8-10-14-21(19)22/h7-14,17,22-23,25,29H,6,15-16H2,1-5H3,(H,28,31)/t17-,23-,25+/m0/s1. The van der Waals surface area contributed by atoms with Crippen LogP contribution in [0.2, 0.25) is 0 Å². The first-order valence-electron chi connectivity index (χ1n) is 11.6. The molecule has 0 fully saturated rings. The van der Waals surface area contributed by atoms with E-state index in [1.54, 1.807) is 20.8 Å². The SMILES string of the molecule is CC[C@H](C)[C@@H](NC(=O)OCC1c2ccccc2-c2ccccc21)[C@@H](O)CC(=O)OC(C)(C)C. The summed E-state index contributed by atoms with van der Waals surface area (Å²) >= 11 is 0. The smallest absolute Gasteiger partial charge is 0.407 e. The van der Waals surface area contributed by atoms with E-state index < -0.39 is 29.8 Å². The van der Waals surface area contributed by atoms with Crippen molar-refractivity contribution in [2.24, 2.45) is 5.92 Å². The molecule has 6 heteroatoms. The number of amides is 1. The third kappa shape index (κ3) is 6.14. The van der Waals surface area contributed by atoms with Crippen LogP contribution in [0, 0.1) is 5.92 Å². The average Bonchev–Trinajstić information content (AvgIpc) is 3.08. The Bertz CT molecular complexity index is 935. The Hall–Kier alpha value is -2.86. The number of carbonyl (C=O) groups excluding carboxylic acids is 2. The summed E-state index contributed by atoms with van der Waals surface area (Å²) in [7, 11) is 0. The summed E-state index contributed by atoms with van der Waals surface area (Å²) in [6.07, 6.45) is -1.16. The second kappa shape index (κ2) is 10.4. The largest absolute Gasteiger partial charge is 0.460 e. The predicted molar refractivity (Wildman–Crippen MR) is 128 cm³/mol. The van der Waals surface area contributed by atoms with Crippen LogP contribution in [0.1, 0.15) is 64.5 Å². The molecule has 0 aromatic heterocycles. The molecular weight excluding hydrogens is 418 g/mol. The molecule has 0 unspecified atom stereocenters. The molecule has 2 aromatic carbocycles. The zero-order valence-electron chi connectivity index (χ0n) is 20.1. The van der Waals surface area contributed by atoms with E-state index in [0.29, 0.717) is 0 Å². The summed E-state index contributed by atoms with van der Waals surface area (Å²) in [6.45, 7) is 9.41. The number of alkyl carbamates (subject to hydrolysis) is 1. The molecule has 6 nitrogen and oxygen atoms in total. The average molecular weight is 454 g/mol. The van der Waals surface area contributed by atoms with Crippen LogP contribution in [0.25, 0.3) is 11.1 Å². The minimum atomic E-state index is -1.07. The highest BCUT2D eigenvalue weighted by Crippen LogP contribution is 2.44. The molecule has 178 valence electrons. The van der Waals surface area contributed by atoms with Crippen LogP contribution in [0.15, 0.2) is 48.5 Å². The van der Waals surface area contributed by atoms with Gasteiger partial charge in [0.1, 0.15) is 12.2 Å². The second-order valence-electron chi connectivity index (χ2n) is 9.74. The summed E-state index contributed by atoms with van der Waals surface area (Å²) in [5.74, 6) is -0.600. The van der Waals surface area contributed by atoms with Gasteiger partial charge in [-0.05, 0) is 48.9 Å². The minimum absolute atomic E-state index is 0.0446. The minimum Gasteiger partial charge on any atom is -0.460 e. The first kappa shape index (κ1) is 24.8. The molecule has 1 aliphatic carbocycles. The topological polar surface area (TPSA) is 84.9 Å². The van der Waals surface area contributed by atoms with Crippen molar-refractivity contribution in [1.82, 2.24) is 5.32 Å². The molecule has 0 aliphatic heterocycles. The van der Waals surface area contributed by atoms with E-state index in [1.807, 2.05) is 38.1 Å². The van der Waals surface area contributed by atoms with Crippen LogP contribution in [0.5, 0.6) is 0 Å². The number of fused-ring (bicyclic) bond motifs is 3. The van der Waals surface area contributed by atoms with Gasteiger partial charge >= 0.3 is 12.1 Å². The lowest BCUT2D eigenvalue weighted by Crippen LogP contribution is -2.48. The van der Waals surface area contributed by atoms with E-state index in [4.69, 9.17) is 9.47 Å². The third-order valence-corrected chi connectivity index (χ3v) is 6.10. The molecule has 2 aromatic rings. The first-order valence-corrected chi connectivity index (χ1v) is 11.6. The number of hydrogen-bond acceptors (Lipinski definition) is 5. The van der Waals surface area contributed by atoms with Crippen molar-refractivity contribution in [3.63, 3.8) is 0 Å². The van der Waals surface area contributed by atoms with Gasteiger partial charge in [-0.3, -0.25) is 4.79 Å². The number of carbonyl (C=O) groups is 2. The van der Waals surface area contributed by atoms with Gasteiger partial charge in [0.15, 0.2) is 0 Å². The maximum atomic E-state index is 12.7. The van der Waals surface area contributed by atoms with E-state index in [0.717, 1.165) is 28.7 Å². The highest BCUT2D eigenvalue weighted by molar-refractivity contribution is 5.79. The fourth-order valence-electron chi connectivity index (χ4n) is 4.33. The maximum absolute atomic E-state index is 12.7. The van der Waals surface area contributed by atoms with Gasteiger partial charge in [0.25, 0.3) is 0 Å². The molecule has 0 heterocycles. The number of benzene rings is 2. The quantitative estimate of drug-likeness (QED) is 0.548. The number of aliphatic hydroxyl groups excluding tert-OH is 1. The predicted octanol–water partition coefficient (Wildman–Crippen LogP) is 5.03. The Morgan fingerprint density at radius 2 is 1.58 bits per heavy atom. The van der Waals surface area contributed by atoms with Crippen molar-refractivity contribution in [3.8, 4) is 11.1 Å². The molecule has 0 saturated carbocycles. The van der Waals surface area contributed by atoms with Gasteiger partial charge in [-0.1, -0.05) is 68.8 Å². The first-order chi connectivity index (χ1) is 15.6. The Labute approximate surface area is 196 Å². The highest BCUT2D eigenvalue weighted by atomic mass is 16.6. The zero-order chi connectivity index (χ0) is 24.2. The van der Waals surface area contributed by atoms with Crippen molar-refractivity contribution in [3.05, 3.63) is 59.7 Å². The number of hydrogen-bond donors (Lipinski definition) is 2. The van der Waals surface area contributed by atoms with Crippen molar-refractivity contribution in [2.45, 2.75) is 71.1 Å². The van der Waals surface area contributed by atoms with Gasteiger partial charge in [0.2, 0.25) is 0 Å². The van der Waals surface area contributed by atoms with Gasteiger partial charge < -0.3 is 19.9 Å². The Morgan fingerprint density at radius 1 is 1.03 bits per heavy atom. The zero-order valence-corrected chi connectivity index (χ0v) is 20.1. The molecule has 0 saturated heterocycles. The number of nitrogens with one attached hydrogen (secondary N) is 1. The molecule has 3 rings (SSSR count). The third-order valence-electron chi connectivity index (χ3n) is 6.10. The lowest BCUT2D eigenvalue weighted by atomic mass is 9.93. The maximum Gasteiger partial charge on any atom is 0.407 e. The van der Waals surface area contributed by atoms with Crippen molar-refractivity contribution < 1.29 is 24.2 Å². The van der Waals surface area contributed by atoms with Gasteiger partial charge in [-0.2, -0.15) is 0 Å². The van der Waals surface area contributed by atoms with Crippen LogP contribution in [0.4, 0.5) is 4.79 Å². The molecule has 0 spiro atoms. The van der Waals surface area contributed by atoms with E-state index >= 15 is 0 Å². The molecule has 1 amide bonds. The number of esters is 1. The Balaban J connectivity index is 1.65. The van der Waals surface area contributed by atoms with Gasteiger partial charge in [-0.15, -0.1) is 0 Å². The Kier molecular flexibility index (Phi) is 7.80. The van der Waals surface area contributed by atoms with E-state index in [-0.39, 0.29) is 24.9 Å².